The van der Waals surface area contributed by atoms with Gasteiger partial charge in [-0.15, -0.1) is 11.3 Å². The van der Waals surface area contributed by atoms with Crippen molar-refractivity contribution in [3.63, 3.8) is 0 Å². The van der Waals surface area contributed by atoms with Crippen LogP contribution >= 0.6 is 11.3 Å². The number of aliphatic hydroxyl groups excluding tert-OH is 1. The van der Waals surface area contributed by atoms with E-state index in [1.54, 1.807) is 30.4 Å². The van der Waals surface area contributed by atoms with Crippen LogP contribution in [0.2, 0.25) is 0 Å². The fourth-order valence-corrected chi connectivity index (χ4v) is 4.77. The summed E-state index contributed by atoms with van der Waals surface area (Å²) in [5, 5.41) is 11.4. The molecule has 3 aromatic rings. The number of ether oxygens (including phenoxy) is 2. The van der Waals surface area contributed by atoms with Crippen LogP contribution in [0.4, 0.5) is 4.39 Å². The van der Waals surface area contributed by atoms with Gasteiger partial charge in [0.2, 0.25) is 0 Å². The molecule has 0 spiro atoms. The maximum absolute atomic E-state index is 12.9. The van der Waals surface area contributed by atoms with Crippen molar-refractivity contribution in [3.05, 3.63) is 53.3 Å². The quantitative estimate of drug-likeness (QED) is 0.490. The lowest BCUT2D eigenvalue weighted by Crippen LogP contribution is -2.55. The van der Waals surface area contributed by atoms with Crippen molar-refractivity contribution in [2.24, 2.45) is 0 Å². The topological polar surface area (TPSA) is 58.1 Å². The summed E-state index contributed by atoms with van der Waals surface area (Å²) in [4.78, 5) is 9.13. The number of benzene rings is 2. The molecular formula is C24H30FN3O3S. The normalized spacial score (nSPS) is 17.4. The zero-order valence-electron chi connectivity index (χ0n) is 18.5. The van der Waals surface area contributed by atoms with Crippen molar-refractivity contribution in [2.45, 2.75) is 32.6 Å². The van der Waals surface area contributed by atoms with Gasteiger partial charge in [-0.05, 0) is 56.7 Å². The zero-order chi connectivity index (χ0) is 22.5. The average Bonchev–Trinajstić information content (AvgIpc) is 3.16. The van der Waals surface area contributed by atoms with Crippen LogP contribution in [0, 0.1) is 12.7 Å². The molecule has 0 radical (unpaired) electrons. The predicted octanol–water partition coefficient (Wildman–Crippen LogP) is 3.92. The first-order valence-corrected chi connectivity index (χ1v) is 11.9. The van der Waals surface area contributed by atoms with Crippen LogP contribution in [-0.2, 0) is 0 Å². The molecule has 2 heterocycles. The Kier molecular flexibility index (Phi) is 7.57. The fourth-order valence-electron chi connectivity index (χ4n) is 3.96. The second-order valence-electron chi connectivity index (χ2n) is 8.14. The van der Waals surface area contributed by atoms with Crippen molar-refractivity contribution in [1.29, 1.82) is 0 Å². The summed E-state index contributed by atoms with van der Waals surface area (Å²) in [6.07, 6.45) is -0.101. The minimum atomic E-state index is -0.612. The molecule has 1 N–H and O–H groups in total. The first-order valence-electron chi connectivity index (χ1n) is 11.0. The van der Waals surface area contributed by atoms with Gasteiger partial charge in [0.05, 0.1) is 21.8 Å². The number of hydrogen-bond donors (Lipinski definition) is 1. The average molecular weight is 460 g/mol. The molecule has 1 aromatic heterocycles. The highest BCUT2D eigenvalue weighted by Gasteiger charge is 2.28. The third-order valence-electron chi connectivity index (χ3n) is 5.60. The number of fused-ring (bicyclic) bond motifs is 1. The second-order valence-corrected chi connectivity index (χ2v) is 9.38. The lowest BCUT2D eigenvalue weighted by atomic mass is 10.2. The molecule has 32 heavy (non-hydrogen) atoms. The highest BCUT2D eigenvalue weighted by Crippen LogP contribution is 2.27. The summed E-state index contributed by atoms with van der Waals surface area (Å²) in [6, 6.07) is 12.0. The lowest BCUT2D eigenvalue weighted by Gasteiger charge is -2.40. The van der Waals surface area contributed by atoms with Gasteiger partial charge in [-0.2, -0.15) is 0 Å². The maximum Gasteiger partial charge on any atom is 0.178 e. The highest BCUT2D eigenvalue weighted by atomic mass is 32.1. The summed E-state index contributed by atoms with van der Waals surface area (Å²) in [7, 11) is 0. The van der Waals surface area contributed by atoms with Crippen LogP contribution in [0.3, 0.4) is 0 Å². The molecule has 0 amide bonds. The Hall–Kier alpha value is -2.26. The molecule has 0 saturated carbocycles. The number of aromatic nitrogens is 1. The van der Waals surface area contributed by atoms with E-state index in [4.69, 9.17) is 9.47 Å². The van der Waals surface area contributed by atoms with Gasteiger partial charge in [-0.1, -0.05) is 0 Å². The Morgan fingerprint density at radius 1 is 1.09 bits per heavy atom. The number of rotatable bonds is 9. The minimum absolute atomic E-state index is 0.256. The Morgan fingerprint density at radius 3 is 2.53 bits per heavy atom. The van der Waals surface area contributed by atoms with Crippen LogP contribution in [0.15, 0.2) is 42.5 Å². The third kappa shape index (κ3) is 5.95. The molecule has 6 nitrogen and oxygen atoms in total. The van der Waals surface area contributed by atoms with Gasteiger partial charge in [0.1, 0.15) is 23.4 Å². The highest BCUT2D eigenvalue weighted by molar-refractivity contribution is 7.18. The minimum Gasteiger partial charge on any atom is -0.494 e. The van der Waals surface area contributed by atoms with Crippen molar-refractivity contribution < 1.29 is 19.0 Å². The van der Waals surface area contributed by atoms with E-state index in [0.29, 0.717) is 12.4 Å². The maximum atomic E-state index is 12.9. The monoisotopic (exact) mass is 459 g/mol. The first kappa shape index (κ1) is 22.9. The number of piperazine rings is 1. The van der Waals surface area contributed by atoms with Crippen molar-refractivity contribution >= 4 is 21.6 Å². The Balaban J connectivity index is 1.24. The molecule has 4 rings (SSSR count). The molecule has 8 heteroatoms. The van der Waals surface area contributed by atoms with Crippen molar-refractivity contribution in [2.75, 3.05) is 39.3 Å². The first-order chi connectivity index (χ1) is 15.5. The third-order valence-corrected chi connectivity index (χ3v) is 6.56. The van der Waals surface area contributed by atoms with Crippen molar-refractivity contribution in [1.82, 2.24) is 14.8 Å². The van der Waals surface area contributed by atoms with E-state index in [-0.39, 0.29) is 5.82 Å². The molecule has 1 aliphatic heterocycles. The van der Waals surface area contributed by atoms with Crippen LogP contribution in [0.25, 0.3) is 10.2 Å². The molecular weight excluding hydrogens is 429 g/mol. The molecule has 1 aliphatic rings. The molecule has 1 saturated heterocycles. The smallest absolute Gasteiger partial charge is 0.178 e. The van der Waals surface area contributed by atoms with Gasteiger partial charge < -0.3 is 19.5 Å². The van der Waals surface area contributed by atoms with E-state index < -0.39 is 12.3 Å². The summed E-state index contributed by atoms with van der Waals surface area (Å²) < 4.78 is 26.0. The molecule has 0 aliphatic carbocycles. The molecule has 2 aromatic carbocycles. The predicted molar refractivity (Wildman–Crippen MR) is 125 cm³/mol. The van der Waals surface area contributed by atoms with Gasteiger partial charge in [-0.25, -0.2) is 9.37 Å². The zero-order valence-corrected chi connectivity index (χ0v) is 19.4. The lowest BCUT2D eigenvalue weighted by molar-refractivity contribution is -0.0745. The number of hydrogen-bond acceptors (Lipinski definition) is 7. The molecule has 172 valence electrons. The van der Waals surface area contributed by atoms with Gasteiger partial charge in [0, 0.05) is 38.8 Å². The van der Waals surface area contributed by atoms with Crippen molar-refractivity contribution in [3.8, 4) is 11.5 Å². The van der Waals surface area contributed by atoms with E-state index in [9.17, 15) is 9.50 Å². The summed E-state index contributed by atoms with van der Waals surface area (Å²) in [5.74, 6) is 1.17. The van der Waals surface area contributed by atoms with Gasteiger partial charge in [-0.3, -0.25) is 4.90 Å². The van der Waals surface area contributed by atoms with E-state index in [0.717, 1.165) is 60.1 Å². The second kappa shape index (κ2) is 10.6. The number of aliphatic hydroxyl groups is 1. The number of halogens is 1. The summed E-state index contributed by atoms with van der Waals surface area (Å²) in [5.41, 5.74) is 0.932. The fraction of sp³-hybridized carbons (Fsp3) is 0.458. The molecule has 0 bridgehead atoms. The van der Waals surface area contributed by atoms with E-state index >= 15 is 0 Å². The van der Waals surface area contributed by atoms with Gasteiger partial charge in [0.25, 0.3) is 0 Å². The van der Waals surface area contributed by atoms with Crippen LogP contribution in [-0.4, -0.2) is 71.6 Å². The molecule has 1 unspecified atom stereocenters. The summed E-state index contributed by atoms with van der Waals surface area (Å²) in [6.45, 7) is 8.78. The molecule has 1 fully saturated rings. The number of nitrogens with zero attached hydrogens (tertiary/aromatic N) is 3. The largest absolute Gasteiger partial charge is 0.494 e. The summed E-state index contributed by atoms with van der Waals surface area (Å²) >= 11 is 1.67. The Labute approximate surface area is 192 Å². The van der Waals surface area contributed by atoms with Crippen LogP contribution in [0.5, 0.6) is 11.5 Å². The van der Waals surface area contributed by atoms with E-state index in [2.05, 4.69) is 14.8 Å². The van der Waals surface area contributed by atoms with Crippen LogP contribution < -0.4 is 9.47 Å². The van der Waals surface area contributed by atoms with Gasteiger partial charge >= 0.3 is 0 Å². The number of thiazole rings is 1. The Morgan fingerprint density at radius 2 is 1.81 bits per heavy atom. The van der Waals surface area contributed by atoms with E-state index in [1.165, 1.54) is 12.1 Å². The number of aryl methyl sites for hydroxylation is 1. The Bertz CT molecular complexity index is 1000. The SMILES string of the molecule is Cc1nc2cc(OC([C@@H](C)O)N3CCN(CCCOc4ccc(F)cc4)CC3)ccc2s1. The molecule has 2 atom stereocenters. The van der Waals surface area contributed by atoms with Gasteiger partial charge in [0.15, 0.2) is 6.23 Å². The standard InChI is InChI=1S/C24H30FN3O3S/c1-17(29)24(31-21-8-9-23-22(16-21)26-18(2)32-23)28-13-11-27(12-14-28)10-3-15-30-20-6-4-19(25)5-7-20/h4-9,16-17,24,29H,3,10-15H2,1-2H3/t17-,24?/m1/s1. The van der Waals surface area contributed by atoms with Crippen LogP contribution in [0.1, 0.15) is 18.4 Å². The van der Waals surface area contributed by atoms with E-state index in [1.807, 2.05) is 25.1 Å².